The van der Waals surface area contributed by atoms with Crippen LogP contribution in [-0.4, -0.2) is 37.2 Å². The Kier molecular flexibility index (Phi) is 37.4. The van der Waals surface area contributed by atoms with Crippen LogP contribution in [0.25, 0.3) is 0 Å². The van der Waals surface area contributed by atoms with E-state index in [2.05, 4.69) is 27.7 Å². The van der Waals surface area contributed by atoms with Crippen molar-refractivity contribution < 1.29 is 28.6 Å². The largest absolute Gasteiger partial charge is 0.462 e. The molecule has 0 spiro atoms. The van der Waals surface area contributed by atoms with Gasteiger partial charge in [0.25, 0.3) is 0 Å². The molecule has 0 aliphatic rings. The minimum absolute atomic E-state index is 0.0649. The number of ether oxygens (including phenoxy) is 3. The summed E-state index contributed by atoms with van der Waals surface area (Å²) in [4.78, 5) is 37.5. The van der Waals surface area contributed by atoms with Crippen LogP contribution < -0.4 is 0 Å². The molecule has 0 radical (unpaired) electrons. The lowest BCUT2D eigenvalue weighted by Gasteiger charge is -2.18. The van der Waals surface area contributed by atoms with Crippen molar-refractivity contribution in [3.05, 3.63) is 0 Å². The molecule has 6 heteroatoms. The van der Waals surface area contributed by atoms with Crippen molar-refractivity contribution in [2.45, 2.75) is 246 Å². The highest BCUT2D eigenvalue weighted by Crippen LogP contribution is 2.16. The van der Waals surface area contributed by atoms with E-state index in [9.17, 15) is 14.4 Å². The van der Waals surface area contributed by atoms with Gasteiger partial charge in [0.1, 0.15) is 13.2 Å². The van der Waals surface area contributed by atoms with Gasteiger partial charge >= 0.3 is 17.9 Å². The minimum Gasteiger partial charge on any atom is -0.462 e. The van der Waals surface area contributed by atoms with Crippen LogP contribution in [-0.2, 0) is 28.6 Å². The maximum Gasteiger partial charge on any atom is 0.306 e. The normalized spacial score (nSPS) is 11.9. The molecule has 0 saturated heterocycles. The Bertz CT molecular complexity index is 751. The molecular weight excluding hydrogens is 624 g/mol. The number of carbonyl (C=O) groups excluding carboxylic acids is 3. The van der Waals surface area contributed by atoms with Gasteiger partial charge in [-0.3, -0.25) is 14.4 Å². The van der Waals surface area contributed by atoms with Crippen LogP contribution in [0.2, 0.25) is 0 Å². The Hall–Kier alpha value is -1.59. The van der Waals surface area contributed by atoms with Crippen LogP contribution >= 0.6 is 0 Å². The van der Waals surface area contributed by atoms with Gasteiger partial charge in [-0.1, -0.05) is 201 Å². The Balaban J connectivity index is 4.28. The van der Waals surface area contributed by atoms with Gasteiger partial charge in [0.2, 0.25) is 0 Å². The van der Waals surface area contributed by atoms with Gasteiger partial charge in [-0.2, -0.15) is 0 Å². The molecule has 50 heavy (non-hydrogen) atoms. The fourth-order valence-electron chi connectivity index (χ4n) is 6.45. The van der Waals surface area contributed by atoms with E-state index in [-0.39, 0.29) is 31.1 Å². The molecular formula is C44H84O6. The van der Waals surface area contributed by atoms with E-state index >= 15 is 0 Å². The third-order valence-electron chi connectivity index (χ3n) is 9.79. The fraction of sp³-hybridized carbons (Fsp3) is 0.932. The second kappa shape index (κ2) is 38.6. The first-order valence-corrected chi connectivity index (χ1v) is 21.9. The first kappa shape index (κ1) is 48.4. The van der Waals surface area contributed by atoms with E-state index in [0.717, 1.165) is 63.7 Å². The molecule has 0 unspecified atom stereocenters. The number of unbranched alkanes of at least 4 members (excludes halogenated alkanes) is 26. The lowest BCUT2D eigenvalue weighted by atomic mass is 10.0. The maximum atomic E-state index is 12.6. The third kappa shape index (κ3) is 37.7. The number of carbonyl (C=O) groups is 3. The van der Waals surface area contributed by atoms with Gasteiger partial charge in [-0.25, -0.2) is 0 Å². The quantitative estimate of drug-likeness (QED) is 0.0359. The van der Waals surface area contributed by atoms with E-state index in [4.69, 9.17) is 14.2 Å². The van der Waals surface area contributed by atoms with Crippen molar-refractivity contribution in [2.75, 3.05) is 13.2 Å². The molecule has 0 N–H and O–H groups in total. The van der Waals surface area contributed by atoms with E-state index < -0.39 is 6.10 Å². The molecule has 0 aromatic rings. The molecule has 0 aromatic carbocycles. The van der Waals surface area contributed by atoms with Gasteiger partial charge in [0, 0.05) is 19.3 Å². The van der Waals surface area contributed by atoms with Crippen molar-refractivity contribution >= 4 is 17.9 Å². The maximum absolute atomic E-state index is 12.6. The molecule has 1 atom stereocenters. The molecule has 0 rings (SSSR count). The molecule has 0 aliphatic heterocycles. The van der Waals surface area contributed by atoms with Crippen LogP contribution in [0.3, 0.4) is 0 Å². The van der Waals surface area contributed by atoms with Crippen molar-refractivity contribution in [3.63, 3.8) is 0 Å². The summed E-state index contributed by atoms with van der Waals surface area (Å²) in [5.74, 6) is -0.100. The smallest absolute Gasteiger partial charge is 0.306 e. The number of esters is 3. The van der Waals surface area contributed by atoms with Gasteiger partial charge in [-0.05, 0) is 25.2 Å². The van der Waals surface area contributed by atoms with E-state index in [0.29, 0.717) is 19.3 Å². The Morgan fingerprint density at radius 1 is 0.380 bits per heavy atom. The molecule has 0 fully saturated rings. The molecule has 0 bridgehead atoms. The van der Waals surface area contributed by atoms with E-state index in [1.165, 1.54) is 135 Å². The van der Waals surface area contributed by atoms with E-state index in [1.54, 1.807) is 0 Å². The summed E-state index contributed by atoms with van der Waals surface area (Å²) in [6, 6.07) is 0. The van der Waals surface area contributed by atoms with Crippen LogP contribution in [0.4, 0.5) is 0 Å². The highest BCUT2D eigenvalue weighted by Gasteiger charge is 2.19. The molecule has 0 saturated carbocycles. The first-order valence-electron chi connectivity index (χ1n) is 21.9. The summed E-state index contributed by atoms with van der Waals surface area (Å²) in [6.07, 6.45) is 36.7. The van der Waals surface area contributed by atoms with Gasteiger partial charge in [-0.15, -0.1) is 0 Å². The topological polar surface area (TPSA) is 78.9 Å². The zero-order valence-electron chi connectivity index (χ0n) is 33.9. The minimum atomic E-state index is -0.758. The number of hydrogen-bond donors (Lipinski definition) is 0. The van der Waals surface area contributed by atoms with E-state index in [1.807, 2.05) is 0 Å². The van der Waals surface area contributed by atoms with Crippen molar-refractivity contribution in [3.8, 4) is 0 Å². The summed E-state index contributed by atoms with van der Waals surface area (Å²) < 4.78 is 16.6. The highest BCUT2D eigenvalue weighted by molar-refractivity contribution is 5.71. The predicted molar refractivity (Wildman–Crippen MR) is 210 cm³/mol. The van der Waals surface area contributed by atoms with Crippen LogP contribution in [0, 0.1) is 5.92 Å². The summed E-state index contributed by atoms with van der Waals surface area (Å²) >= 11 is 0. The summed E-state index contributed by atoms with van der Waals surface area (Å²) in [5.41, 5.74) is 0. The fourth-order valence-corrected chi connectivity index (χ4v) is 6.45. The summed E-state index contributed by atoms with van der Waals surface area (Å²) in [5, 5.41) is 0. The second-order valence-electron chi connectivity index (χ2n) is 15.5. The Labute approximate surface area is 310 Å². The molecule has 0 aromatic heterocycles. The highest BCUT2D eigenvalue weighted by atomic mass is 16.6. The number of rotatable bonds is 39. The summed E-state index contributed by atoms with van der Waals surface area (Å²) in [7, 11) is 0. The van der Waals surface area contributed by atoms with Crippen molar-refractivity contribution in [1.29, 1.82) is 0 Å². The zero-order chi connectivity index (χ0) is 36.8. The Morgan fingerprint density at radius 2 is 0.660 bits per heavy atom. The first-order chi connectivity index (χ1) is 24.4. The standard InChI is InChI=1S/C44H84O6/c1-5-7-9-11-13-15-16-17-18-19-21-22-27-31-35-42(45)48-38-41(50-44(47)37-33-29-23-20-14-12-10-8-6-2)39-49-43(46)36-32-28-25-24-26-30-34-40(3)4/h40-41H,5-39H2,1-4H3/t41-/m0/s1. The van der Waals surface area contributed by atoms with Gasteiger partial charge in [0.15, 0.2) is 6.10 Å². The zero-order valence-corrected chi connectivity index (χ0v) is 33.9. The van der Waals surface area contributed by atoms with Crippen LogP contribution in [0.1, 0.15) is 240 Å². The van der Waals surface area contributed by atoms with Gasteiger partial charge in [0.05, 0.1) is 0 Å². The molecule has 0 aliphatic carbocycles. The predicted octanol–water partition coefficient (Wildman–Crippen LogP) is 13.6. The molecule has 296 valence electrons. The van der Waals surface area contributed by atoms with Crippen LogP contribution in [0.5, 0.6) is 0 Å². The van der Waals surface area contributed by atoms with Crippen molar-refractivity contribution in [1.82, 2.24) is 0 Å². The average molecular weight is 709 g/mol. The molecule has 0 heterocycles. The van der Waals surface area contributed by atoms with Crippen LogP contribution in [0.15, 0.2) is 0 Å². The second-order valence-corrected chi connectivity index (χ2v) is 15.5. The molecule has 0 amide bonds. The Morgan fingerprint density at radius 3 is 0.980 bits per heavy atom. The number of hydrogen-bond acceptors (Lipinski definition) is 6. The lowest BCUT2D eigenvalue weighted by Crippen LogP contribution is -2.30. The van der Waals surface area contributed by atoms with Crippen molar-refractivity contribution in [2.24, 2.45) is 5.92 Å². The van der Waals surface area contributed by atoms with Gasteiger partial charge < -0.3 is 14.2 Å². The monoisotopic (exact) mass is 709 g/mol. The third-order valence-corrected chi connectivity index (χ3v) is 9.79. The SMILES string of the molecule is CCCCCCCCCCCCCCCCC(=O)OC[C@@H](COC(=O)CCCCCCCCC(C)C)OC(=O)CCCCCCCCCCC. The molecule has 6 nitrogen and oxygen atoms in total. The lowest BCUT2D eigenvalue weighted by molar-refractivity contribution is -0.167. The average Bonchev–Trinajstić information content (AvgIpc) is 3.09. The summed E-state index contributed by atoms with van der Waals surface area (Å²) in [6.45, 7) is 8.90.